The number of hydrogen-bond donors (Lipinski definition) is 2. The molecule has 2 heterocycles. The molecule has 0 spiro atoms. The molecule has 0 atom stereocenters. The topological polar surface area (TPSA) is 106 Å². The highest BCUT2D eigenvalue weighted by molar-refractivity contribution is 7.17. The van der Waals surface area contributed by atoms with Crippen LogP contribution in [-0.2, 0) is 25.7 Å². The molecule has 2 N–H and O–H groups in total. The average molecular weight is 613 g/mol. The predicted molar refractivity (Wildman–Crippen MR) is 172 cm³/mol. The van der Waals surface area contributed by atoms with Gasteiger partial charge >= 0.3 is 0 Å². The van der Waals surface area contributed by atoms with Gasteiger partial charge in [0.15, 0.2) is 0 Å². The van der Waals surface area contributed by atoms with Crippen molar-refractivity contribution in [1.82, 2.24) is 0 Å². The minimum absolute atomic E-state index is 0. The molecular formula is C34H33FN4O2S2. The summed E-state index contributed by atoms with van der Waals surface area (Å²) >= 11 is 3.03. The zero-order valence-corrected chi connectivity index (χ0v) is 24.8. The number of halogens is 1. The first-order chi connectivity index (χ1) is 20.4. The third-order valence-electron chi connectivity index (χ3n) is 7.50. The van der Waals surface area contributed by atoms with Gasteiger partial charge in [0.05, 0.1) is 11.1 Å². The number of nitrogens with one attached hydrogen (secondary N) is 2. The number of fused-ring (bicyclic) bond motifs is 2. The molecule has 6 nitrogen and oxygen atoms in total. The molecule has 4 aromatic rings. The van der Waals surface area contributed by atoms with Gasteiger partial charge in [-0.25, -0.2) is 4.39 Å². The van der Waals surface area contributed by atoms with Crippen molar-refractivity contribution < 1.29 is 14.0 Å². The van der Waals surface area contributed by atoms with Crippen molar-refractivity contribution >= 4 is 44.5 Å². The molecule has 9 heteroatoms. The van der Waals surface area contributed by atoms with Gasteiger partial charge in [-0.1, -0.05) is 31.7 Å². The highest BCUT2D eigenvalue weighted by Gasteiger charge is 2.23. The van der Waals surface area contributed by atoms with Crippen molar-refractivity contribution in [3.05, 3.63) is 103 Å². The van der Waals surface area contributed by atoms with Gasteiger partial charge < -0.3 is 10.6 Å². The number of anilines is 2. The van der Waals surface area contributed by atoms with Gasteiger partial charge in [-0.15, -0.1) is 22.7 Å². The van der Waals surface area contributed by atoms with Gasteiger partial charge in [0.25, 0.3) is 11.8 Å². The molecule has 43 heavy (non-hydrogen) atoms. The van der Waals surface area contributed by atoms with Crippen LogP contribution in [0.5, 0.6) is 0 Å². The summed E-state index contributed by atoms with van der Waals surface area (Å²) in [7, 11) is 0. The van der Waals surface area contributed by atoms with Crippen LogP contribution >= 0.6 is 22.7 Å². The quantitative estimate of drug-likeness (QED) is 0.241. The Morgan fingerprint density at radius 2 is 1.30 bits per heavy atom. The second-order valence-electron chi connectivity index (χ2n) is 10.3. The maximum atomic E-state index is 13.2. The van der Waals surface area contributed by atoms with Gasteiger partial charge in [0, 0.05) is 20.9 Å². The lowest BCUT2D eigenvalue weighted by Gasteiger charge is -2.09. The summed E-state index contributed by atoms with van der Waals surface area (Å²) in [6.45, 7) is 1.92. The van der Waals surface area contributed by atoms with Crippen LogP contribution in [0.15, 0.2) is 48.5 Å². The number of carbonyl (C=O) groups excluding carboxylic acids is 2. The number of aryl methyl sites for hydroxylation is 3. The third kappa shape index (κ3) is 7.02. The molecule has 0 aliphatic heterocycles. The van der Waals surface area contributed by atoms with E-state index in [0.29, 0.717) is 26.7 Å². The molecule has 0 radical (unpaired) electrons. The van der Waals surface area contributed by atoms with Crippen LogP contribution in [0.1, 0.15) is 91.4 Å². The Balaban J connectivity index is 0.000000192. The van der Waals surface area contributed by atoms with Crippen LogP contribution in [0, 0.1) is 35.4 Å². The lowest BCUT2D eigenvalue weighted by molar-refractivity contribution is 0.101. The van der Waals surface area contributed by atoms with Gasteiger partial charge in [-0.05, 0) is 99.2 Å². The van der Waals surface area contributed by atoms with E-state index in [-0.39, 0.29) is 24.8 Å². The van der Waals surface area contributed by atoms with Crippen LogP contribution < -0.4 is 10.6 Å². The molecule has 2 aromatic heterocycles. The summed E-state index contributed by atoms with van der Waals surface area (Å²) < 4.78 is 13.2. The van der Waals surface area contributed by atoms with Crippen molar-refractivity contribution in [3.63, 3.8) is 0 Å². The monoisotopic (exact) mass is 612 g/mol. The smallest absolute Gasteiger partial charge is 0.256 e. The Morgan fingerprint density at radius 1 is 0.767 bits per heavy atom. The molecule has 2 amide bonds. The fourth-order valence-corrected chi connectivity index (χ4v) is 7.82. The van der Waals surface area contributed by atoms with Crippen molar-refractivity contribution in [2.24, 2.45) is 0 Å². The number of carbonyl (C=O) groups is 2. The van der Waals surface area contributed by atoms with Crippen LogP contribution in [0.2, 0.25) is 0 Å². The molecule has 0 saturated heterocycles. The zero-order valence-electron chi connectivity index (χ0n) is 23.2. The summed E-state index contributed by atoms with van der Waals surface area (Å²) in [5, 5.41) is 25.7. The first-order valence-electron chi connectivity index (χ1n) is 13.9. The summed E-state index contributed by atoms with van der Waals surface area (Å²) in [5.41, 5.74) is 5.31. The van der Waals surface area contributed by atoms with E-state index in [1.54, 1.807) is 17.4 Å². The number of rotatable bonds is 4. The van der Waals surface area contributed by atoms with E-state index in [0.717, 1.165) is 61.6 Å². The van der Waals surface area contributed by atoms with Crippen molar-refractivity contribution in [2.75, 3.05) is 10.6 Å². The fraction of sp³-hybridized carbons (Fsp3) is 0.294. The molecule has 220 valence electrons. The number of thiophene rings is 2. The van der Waals surface area contributed by atoms with Crippen molar-refractivity contribution in [2.45, 2.75) is 65.7 Å². The Labute approximate surface area is 259 Å². The minimum atomic E-state index is -0.450. The third-order valence-corrected chi connectivity index (χ3v) is 9.91. The molecule has 0 bridgehead atoms. The molecule has 6 rings (SSSR count). The summed E-state index contributed by atoms with van der Waals surface area (Å²) in [4.78, 5) is 27.0. The van der Waals surface area contributed by atoms with Crippen LogP contribution in [0.25, 0.3) is 0 Å². The maximum Gasteiger partial charge on any atom is 0.256 e. The van der Waals surface area contributed by atoms with Gasteiger partial charge in [0.2, 0.25) is 0 Å². The van der Waals surface area contributed by atoms with Crippen LogP contribution in [-0.4, -0.2) is 11.8 Å². The lowest BCUT2D eigenvalue weighted by atomic mass is 9.96. The minimum Gasteiger partial charge on any atom is -0.312 e. The van der Waals surface area contributed by atoms with E-state index in [4.69, 9.17) is 0 Å². The first-order valence-corrected chi connectivity index (χ1v) is 15.6. The standard InChI is InChI=1S/C17H16N2OS.C16H13FN2OS.CH4/c1-11-6-2-3-7-12(11)16(20)19-17-14(10-18)13-8-4-5-9-15(13)21-17;17-11-5-3-4-10(8-11)15(20)19-16-13(9-18)12-6-1-2-7-14(12)21-16;/h2-3,6-7H,4-5,8-9H2,1H3,(H,19,20);3-5,8H,1-2,6-7H2,(H,19,20);1H4. The van der Waals surface area contributed by atoms with Crippen molar-refractivity contribution in [1.29, 1.82) is 10.5 Å². The number of nitriles is 2. The molecule has 0 fully saturated rings. The fourth-order valence-electron chi connectivity index (χ4n) is 5.35. The average Bonchev–Trinajstić information content (AvgIpc) is 3.54. The Hall–Kier alpha value is -4.31. The first kappa shape index (κ1) is 31.6. The molecule has 2 aromatic carbocycles. The number of amides is 2. The second kappa shape index (κ2) is 14.2. The van der Waals surface area contributed by atoms with E-state index in [1.807, 2.05) is 31.2 Å². The second-order valence-corrected chi connectivity index (χ2v) is 12.5. The summed E-state index contributed by atoms with van der Waals surface area (Å²) in [6, 6.07) is 17.5. The molecule has 2 aliphatic rings. The highest BCUT2D eigenvalue weighted by atomic mass is 32.1. The van der Waals surface area contributed by atoms with E-state index < -0.39 is 5.82 Å². The van der Waals surface area contributed by atoms with Crippen molar-refractivity contribution in [3.8, 4) is 12.1 Å². The lowest BCUT2D eigenvalue weighted by Crippen LogP contribution is -2.13. The predicted octanol–water partition coefficient (Wildman–Crippen LogP) is 8.59. The number of hydrogen-bond acceptors (Lipinski definition) is 6. The van der Waals surface area contributed by atoms with Crippen LogP contribution in [0.4, 0.5) is 14.4 Å². The number of benzene rings is 2. The van der Waals surface area contributed by atoms with Gasteiger partial charge in [0.1, 0.15) is 28.0 Å². The molecule has 0 unspecified atom stereocenters. The molecule has 2 aliphatic carbocycles. The number of nitrogens with zero attached hydrogens (tertiary/aromatic N) is 2. The Kier molecular flexibility index (Phi) is 10.5. The van der Waals surface area contributed by atoms with E-state index in [2.05, 4.69) is 22.8 Å². The highest BCUT2D eigenvalue weighted by Crippen LogP contribution is 2.39. The maximum absolute atomic E-state index is 13.2. The van der Waals surface area contributed by atoms with Gasteiger partial charge in [-0.3, -0.25) is 9.59 Å². The summed E-state index contributed by atoms with van der Waals surface area (Å²) in [5.74, 6) is -0.971. The van der Waals surface area contributed by atoms with Crippen LogP contribution in [0.3, 0.4) is 0 Å². The summed E-state index contributed by atoms with van der Waals surface area (Å²) in [6.07, 6.45) is 8.33. The Morgan fingerprint density at radius 3 is 1.84 bits per heavy atom. The van der Waals surface area contributed by atoms with E-state index in [9.17, 15) is 24.5 Å². The normalized spacial score (nSPS) is 13.0. The molecule has 0 saturated carbocycles. The SMILES string of the molecule is C.Cc1ccccc1C(=O)Nc1sc2c(c1C#N)CCCC2.N#Cc1c(NC(=O)c2cccc(F)c2)sc2c1CCCC2. The van der Waals surface area contributed by atoms with Gasteiger partial charge in [-0.2, -0.15) is 10.5 Å². The zero-order chi connectivity index (χ0) is 29.6. The van der Waals surface area contributed by atoms with E-state index in [1.165, 1.54) is 45.7 Å². The van der Waals surface area contributed by atoms with E-state index >= 15 is 0 Å². The largest absolute Gasteiger partial charge is 0.312 e. The molecular weight excluding hydrogens is 580 g/mol. The Bertz CT molecular complexity index is 1740.